The molecule has 1 aromatic rings. The van der Waals surface area contributed by atoms with Crippen molar-refractivity contribution in [3.63, 3.8) is 0 Å². The number of rotatable bonds is 4. The average molecular weight is 485 g/mol. The van der Waals surface area contributed by atoms with Crippen molar-refractivity contribution >= 4 is 34.8 Å². The van der Waals surface area contributed by atoms with Crippen LogP contribution in [0, 0.1) is 23.7 Å². The molecule has 0 aromatic heterocycles. The highest BCUT2D eigenvalue weighted by Gasteiger charge is 2.69. The molecule has 0 saturated heterocycles. The Morgan fingerprint density at radius 2 is 1.86 bits per heavy atom. The number of hydrogen-bond acceptors (Lipinski definition) is 10. The van der Waals surface area contributed by atoms with Gasteiger partial charge in [-0.1, -0.05) is 5.16 Å². The number of oxime groups is 1. The number of aliphatic hydroxyl groups is 1. The van der Waals surface area contributed by atoms with Gasteiger partial charge in [-0.05, 0) is 57.5 Å². The van der Waals surface area contributed by atoms with Crippen LogP contribution in [0.15, 0.2) is 17.3 Å². The molecule has 6 atom stereocenters. The Morgan fingerprint density at radius 3 is 2.43 bits per heavy atom. The molecule has 1 aromatic carbocycles. The summed E-state index contributed by atoms with van der Waals surface area (Å²) in [6.07, 6.45) is 0.144. The van der Waals surface area contributed by atoms with Crippen LogP contribution < -0.4 is 5.73 Å². The van der Waals surface area contributed by atoms with Gasteiger partial charge in [0.2, 0.25) is 5.91 Å². The van der Waals surface area contributed by atoms with Crippen LogP contribution >= 0.6 is 0 Å². The monoisotopic (exact) mass is 485 g/mol. The van der Waals surface area contributed by atoms with Crippen LogP contribution in [-0.4, -0.2) is 82.7 Å². The minimum atomic E-state index is -2.74. The predicted molar refractivity (Wildman–Crippen MR) is 121 cm³/mol. The molecule has 4 N–H and O–H groups in total. The second-order valence-electron chi connectivity index (χ2n) is 9.63. The van der Waals surface area contributed by atoms with Gasteiger partial charge in [0.15, 0.2) is 34.7 Å². The van der Waals surface area contributed by atoms with Crippen molar-refractivity contribution in [1.29, 1.82) is 0 Å². The molecule has 2 saturated carbocycles. The van der Waals surface area contributed by atoms with Gasteiger partial charge in [-0.3, -0.25) is 28.9 Å². The third-order valence-corrected chi connectivity index (χ3v) is 7.56. The minimum absolute atomic E-state index is 0.0144. The van der Waals surface area contributed by atoms with Crippen molar-refractivity contribution < 1.29 is 39.0 Å². The van der Waals surface area contributed by atoms with Crippen molar-refractivity contribution in [2.24, 2.45) is 34.6 Å². The molecule has 3 aliphatic carbocycles. The van der Waals surface area contributed by atoms with Crippen LogP contribution in [0.1, 0.15) is 34.8 Å². The fraction of sp³-hybridized carbons (Fsp3) is 0.500. The lowest BCUT2D eigenvalue weighted by Crippen LogP contribution is -2.74. The van der Waals surface area contributed by atoms with Crippen molar-refractivity contribution in [3.05, 3.63) is 28.8 Å². The predicted octanol–water partition coefficient (Wildman–Crippen LogP) is -0.763. The Balaban J connectivity index is 1.89. The highest BCUT2D eigenvalue weighted by atomic mass is 16.6. The number of carbonyl (C=O) groups excluding carboxylic acids is 5. The number of carbonyl (C=O) groups is 5. The second kappa shape index (κ2) is 8.35. The fourth-order valence-corrected chi connectivity index (χ4v) is 6.13. The highest BCUT2D eigenvalue weighted by molar-refractivity contribution is 6.32. The van der Waals surface area contributed by atoms with Gasteiger partial charge in [0.25, 0.3) is 0 Å². The number of primary amides is 1. The fourth-order valence-electron chi connectivity index (χ4n) is 6.13. The molecule has 0 heterocycles. The number of hydrogen-bond donors (Lipinski definition) is 3. The van der Waals surface area contributed by atoms with Crippen molar-refractivity contribution in [3.8, 4) is 5.75 Å². The molecule has 2 fully saturated rings. The average Bonchev–Trinajstić information content (AvgIpc) is 2.76. The van der Waals surface area contributed by atoms with E-state index in [9.17, 15) is 34.2 Å². The third-order valence-electron chi connectivity index (χ3n) is 7.56. The topological polar surface area (TPSA) is 177 Å². The largest absolute Gasteiger partial charge is 0.507 e. The minimum Gasteiger partial charge on any atom is -0.507 e. The molecule has 11 heteroatoms. The first-order valence-corrected chi connectivity index (χ1v) is 11.1. The first kappa shape index (κ1) is 24.7. The van der Waals surface area contributed by atoms with Gasteiger partial charge in [-0.15, -0.1) is 0 Å². The molecule has 0 radical (unpaired) electrons. The normalized spacial score (nSPS) is 32.7. The Labute approximate surface area is 200 Å². The van der Waals surface area contributed by atoms with E-state index in [-0.39, 0.29) is 24.2 Å². The number of aromatic hydroxyl groups is 1. The molecule has 3 aliphatic rings. The summed E-state index contributed by atoms with van der Waals surface area (Å²) in [6.45, 7) is 1.67. The third kappa shape index (κ3) is 3.33. The summed E-state index contributed by atoms with van der Waals surface area (Å²) in [6, 6.07) is 1.76. The molecule has 186 valence electrons. The van der Waals surface area contributed by atoms with E-state index in [0.717, 1.165) is 0 Å². The lowest BCUT2D eigenvalue weighted by Gasteiger charge is -2.52. The SMILES string of the molecule is CON=C(C)c1ccc(O)c2c1CC1CC3C(N(C)C)C(=O)C(C(N)=O)C(=O)C3(O)C(=O)C1C2=O. The molecule has 11 nitrogen and oxygen atoms in total. The maximum Gasteiger partial charge on any atom is 0.235 e. The number of ketones is 4. The molecule has 0 aliphatic heterocycles. The lowest BCUT2D eigenvalue weighted by atomic mass is 9.52. The van der Waals surface area contributed by atoms with Gasteiger partial charge in [-0.25, -0.2) is 0 Å². The smallest absolute Gasteiger partial charge is 0.235 e. The van der Waals surface area contributed by atoms with Crippen LogP contribution in [0.25, 0.3) is 0 Å². The van der Waals surface area contributed by atoms with Crippen LogP contribution in [0.2, 0.25) is 0 Å². The zero-order chi connectivity index (χ0) is 26.0. The summed E-state index contributed by atoms with van der Waals surface area (Å²) < 4.78 is 0. The quantitative estimate of drug-likeness (QED) is 0.281. The molecule has 1 amide bonds. The Hall–Kier alpha value is -3.44. The second-order valence-corrected chi connectivity index (χ2v) is 9.63. The zero-order valence-electron chi connectivity index (χ0n) is 19.8. The summed E-state index contributed by atoms with van der Waals surface area (Å²) in [4.78, 5) is 71.9. The molecule has 6 unspecified atom stereocenters. The van der Waals surface area contributed by atoms with E-state index < -0.39 is 64.4 Å². The summed E-state index contributed by atoms with van der Waals surface area (Å²) >= 11 is 0. The Morgan fingerprint density at radius 1 is 1.20 bits per heavy atom. The van der Waals surface area contributed by atoms with E-state index in [4.69, 9.17) is 10.6 Å². The summed E-state index contributed by atoms with van der Waals surface area (Å²) in [5, 5.41) is 26.0. The Bertz CT molecular complexity index is 1210. The number of benzene rings is 1. The van der Waals surface area contributed by atoms with Crippen LogP contribution in [-0.2, 0) is 30.4 Å². The van der Waals surface area contributed by atoms with Crippen LogP contribution in [0.3, 0.4) is 0 Å². The van der Waals surface area contributed by atoms with Crippen molar-refractivity contribution in [1.82, 2.24) is 4.90 Å². The number of fused-ring (bicyclic) bond motifs is 3. The number of nitrogens with two attached hydrogens (primary N) is 1. The summed E-state index contributed by atoms with van der Waals surface area (Å²) in [5.74, 6) is -10.7. The van der Waals surface area contributed by atoms with Crippen molar-refractivity contribution in [2.75, 3.05) is 21.2 Å². The van der Waals surface area contributed by atoms with Gasteiger partial charge in [0.05, 0.1) is 23.2 Å². The van der Waals surface area contributed by atoms with Crippen LogP contribution in [0.5, 0.6) is 5.75 Å². The van der Waals surface area contributed by atoms with Crippen molar-refractivity contribution in [2.45, 2.75) is 31.4 Å². The van der Waals surface area contributed by atoms with Gasteiger partial charge in [0, 0.05) is 11.5 Å². The van der Waals surface area contributed by atoms with E-state index in [1.54, 1.807) is 13.0 Å². The highest BCUT2D eigenvalue weighted by Crippen LogP contribution is 2.51. The van der Waals surface area contributed by atoms with E-state index >= 15 is 0 Å². The van der Waals surface area contributed by atoms with E-state index in [0.29, 0.717) is 16.8 Å². The summed E-state index contributed by atoms with van der Waals surface area (Å²) in [5.41, 5.74) is 3.95. The van der Waals surface area contributed by atoms with Crippen LogP contribution in [0.4, 0.5) is 0 Å². The number of amides is 1. The van der Waals surface area contributed by atoms with Gasteiger partial charge >= 0.3 is 0 Å². The van der Waals surface area contributed by atoms with E-state index in [2.05, 4.69) is 5.16 Å². The first-order chi connectivity index (χ1) is 16.4. The van der Waals surface area contributed by atoms with Gasteiger partial charge < -0.3 is 20.8 Å². The standard InChI is InChI=1S/C24H27N3O8/c1-9(26-35-4)11-5-6-14(28)16-12(11)7-10-8-13-18(27(2)3)20(30)17(23(25)33)22(32)24(13,34)21(31)15(10)19(16)29/h5-6,10,13,15,17-18,28,34H,7-8H2,1-4H3,(H2,25,33). The molecule has 35 heavy (non-hydrogen) atoms. The van der Waals surface area contributed by atoms with Gasteiger partial charge in [0.1, 0.15) is 12.9 Å². The molecular weight excluding hydrogens is 458 g/mol. The molecule has 4 rings (SSSR count). The van der Waals surface area contributed by atoms with E-state index in [1.807, 2.05) is 0 Å². The van der Waals surface area contributed by atoms with Gasteiger partial charge in [-0.2, -0.15) is 0 Å². The summed E-state index contributed by atoms with van der Waals surface area (Å²) in [7, 11) is 4.45. The Kier molecular flexibility index (Phi) is 5.89. The first-order valence-electron chi connectivity index (χ1n) is 11.1. The number of phenolic OH excluding ortho intramolecular Hbond substituents is 1. The molecule has 0 bridgehead atoms. The lowest BCUT2D eigenvalue weighted by molar-refractivity contribution is -0.181. The zero-order valence-corrected chi connectivity index (χ0v) is 19.8. The van der Waals surface area contributed by atoms with E-state index in [1.165, 1.54) is 32.2 Å². The molecule has 0 spiro atoms. The number of likely N-dealkylation sites (N-methyl/N-ethyl adjacent to an activating group) is 1. The number of nitrogens with zero attached hydrogens (tertiary/aromatic N) is 2. The molecular formula is C24H27N3O8. The maximum absolute atomic E-state index is 13.7. The number of phenols is 1. The number of Topliss-reactive ketones (excluding diaryl/α,β-unsaturated/α-hetero) is 4. The maximum atomic E-state index is 13.7.